The number of nitrogens with zero attached hydrogens (tertiary/aromatic N) is 1. The van der Waals surface area contributed by atoms with Crippen molar-refractivity contribution in [3.05, 3.63) is 0 Å². The normalized spacial score (nSPS) is 21.8. The van der Waals surface area contributed by atoms with Gasteiger partial charge in [-0.15, -0.1) is 0 Å². The molecule has 6 nitrogen and oxygen atoms in total. The van der Waals surface area contributed by atoms with Crippen molar-refractivity contribution in [2.75, 3.05) is 32.8 Å². The topological polar surface area (TPSA) is 84.7 Å². The summed E-state index contributed by atoms with van der Waals surface area (Å²) in [5, 5.41) is 3.04. The molecule has 3 N–H and O–H groups in total. The van der Waals surface area contributed by atoms with E-state index in [4.69, 9.17) is 10.5 Å². The molecule has 0 radical (unpaired) electrons. The third kappa shape index (κ3) is 3.93. The zero-order chi connectivity index (χ0) is 14.4. The highest BCUT2D eigenvalue weighted by Crippen LogP contribution is 2.28. The first kappa shape index (κ1) is 15.3. The molecule has 1 aliphatic heterocycles. The molecule has 0 spiro atoms. The van der Waals surface area contributed by atoms with Gasteiger partial charge in [0.1, 0.15) is 0 Å². The van der Waals surface area contributed by atoms with Crippen LogP contribution >= 0.6 is 0 Å². The van der Waals surface area contributed by atoms with E-state index in [1.54, 1.807) is 4.90 Å². The molecule has 1 aliphatic carbocycles. The summed E-state index contributed by atoms with van der Waals surface area (Å²) in [6, 6.07) is 0. The Morgan fingerprint density at radius 2 is 1.80 bits per heavy atom. The van der Waals surface area contributed by atoms with Crippen LogP contribution < -0.4 is 11.1 Å². The average molecular weight is 283 g/mol. The Bertz CT molecular complexity index is 348. The van der Waals surface area contributed by atoms with E-state index in [9.17, 15) is 9.59 Å². The Kier molecular flexibility index (Phi) is 5.37. The maximum atomic E-state index is 12.0. The van der Waals surface area contributed by atoms with Gasteiger partial charge in [-0.25, -0.2) is 0 Å². The van der Waals surface area contributed by atoms with Crippen LogP contribution in [-0.2, 0) is 14.3 Å². The number of hydrogen-bond donors (Lipinski definition) is 2. The second-order valence-corrected chi connectivity index (χ2v) is 5.73. The van der Waals surface area contributed by atoms with Crippen molar-refractivity contribution in [1.29, 1.82) is 0 Å². The summed E-state index contributed by atoms with van der Waals surface area (Å²) in [6.07, 6.45) is 4.65. The van der Waals surface area contributed by atoms with Crippen LogP contribution in [0.1, 0.15) is 38.5 Å². The third-order valence-corrected chi connectivity index (χ3v) is 4.29. The van der Waals surface area contributed by atoms with Gasteiger partial charge in [-0.05, 0) is 12.8 Å². The Balaban J connectivity index is 1.72. The minimum Gasteiger partial charge on any atom is -0.378 e. The van der Waals surface area contributed by atoms with Crippen LogP contribution in [0.15, 0.2) is 0 Å². The van der Waals surface area contributed by atoms with E-state index >= 15 is 0 Å². The number of morpholine rings is 1. The molecule has 2 fully saturated rings. The van der Waals surface area contributed by atoms with Crippen LogP contribution in [0.3, 0.4) is 0 Å². The Morgan fingerprint density at radius 3 is 2.40 bits per heavy atom. The van der Waals surface area contributed by atoms with E-state index < -0.39 is 0 Å². The maximum Gasteiger partial charge on any atom is 0.223 e. The zero-order valence-corrected chi connectivity index (χ0v) is 12.0. The van der Waals surface area contributed by atoms with Crippen LogP contribution in [0.4, 0.5) is 0 Å². The number of hydrogen-bond acceptors (Lipinski definition) is 4. The monoisotopic (exact) mass is 283 g/mol. The summed E-state index contributed by atoms with van der Waals surface area (Å²) in [6.45, 7) is 2.93. The van der Waals surface area contributed by atoms with Crippen molar-refractivity contribution >= 4 is 11.8 Å². The zero-order valence-electron chi connectivity index (χ0n) is 12.0. The van der Waals surface area contributed by atoms with Crippen LogP contribution in [0, 0.1) is 0 Å². The van der Waals surface area contributed by atoms with Crippen LogP contribution in [0.5, 0.6) is 0 Å². The van der Waals surface area contributed by atoms with E-state index in [0.717, 1.165) is 25.7 Å². The molecule has 2 rings (SSSR count). The van der Waals surface area contributed by atoms with Crippen molar-refractivity contribution in [2.24, 2.45) is 5.73 Å². The fourth-order valence-electron chi connectivity index (χ4n) is 2.98. The molecule has 2 aliphatic rings. The third-order valence-electron chi connectivity index (χ3n) is 4.29. The Labute approximate surface area is 120 Å². The van der Waals surface area contributed by atoms with Gasteiger partial charge in [-0.1, -0.05) is 12.8 Å². The SMILES string of the molecule is NCC1(NC(=O)CCC(=O)N2CCOCC2)CCCC1. The quantitative estimate of drug-likeness (QED) is 0.744. The summed E-state index contributed by atoms with van der Waals surface area (Å²) < 4.78 is 5.20. The summed E-state index contributed by atoms with van der Waals surface area (Å²) in [5.74, 6) is -0.0179. The van der Waals surface area contributed by atoms with Crippen LogP contribution in [0.2, 0.25) is 0 Å². The molecule has 0 bridgehead atoms. The predicted molar refractivity (Wildman–Crippen MR) is 75.0 cm³/mol. The van der Waals surface area contributed by atoms with E-state index in [-0.39, 0.29) is 30.2 Å². The minimum atomic E-state index is -0.223. The van der Waals surface area contributed by atoms with Gasteiger partial charge in [0, 0.05) is 32.5 Å². The Hall–Kier alpha value is -1.14. The number of amides is 2. The lowest BCUT2D eigenvalue weighted by atomic mass is 9.97. The second kappa shape index (κ2) is 7.04. The van der Waals surface area contributed by atoms with Gasteiger partial charge in [0.2, 0.25) is 11.8 Å². The molecule has 1 heterocycles. The van der Waals surface area contributed by atoms with Crippen LogP contribution in [0.25, 0.3) is 0 Å². The van der Waals surface area contributed by atoms with Crippen LogP contribution in [-0.4, -0.2) is 55.1 Å². The standard InChI is InChI=1S/C14H25N3O3/c15-11-14(5-1-2-6-14)16-12(18)3-4-13(19)17-7-9-20-10-8-17/h1-11,15H2,(H,16,18). The molecule has 1 saturated carbocycles. The van der Waals surface area contributed by atoms with Gasteiger partial charge >= 0.3 is 0 Å². The summed E-state index contributed by atoms with van der Waals surface area (Å²) >= 11 is 0. The molecular formula is C14H25N3O3. The summed E-state index contributed by atoms with van der Waals surface area (Å²) in [5.41, 5.74) is 5.56. The van der Waals surface area contributed by atoms with Crippen molar-refractivity contribution in [3.63, 3.8) is 0 Å². The van der Waals surface area contributed by atoms with E-state index in [1.807, 2.05) is 0 Å². The highest BCUT2D eigenvalue weighted by Gasteiger charge is 2.33. The average Bonchev–Trinajstić information content (AvgIpc) is 2.95. The number of nitrogens with two attached hydrogens (primary N) is 1. The van der Waals surface area contributed by atoms with Gasteiger partial charge in [0.25, 0.3) is 0 Å². The van der Waals surface area contributed by atoms with E-state index in [1.165, 1.54) is 0 Å². The lowest BCUT2D eigenvalue weighted by molar-refractivity contribution is -0.137. The summed E-state index contributed by atoms with van der Waals surface area (Å²) in [4.78, 5) is 25.7. The van der Waals surface area contributed by atoms with Gasteiger partial charge in [0.05, 0.1) is 18.8 Å². The first-order valence-electron chi connectivity index (χ1n) is 7.52. The van der Waals surface area contributed by atoms with E-state index in [2.05, 4.69) is 5.32 Å². The van der Waals surface area contributed by atoms with Gasteiger partial charge < -0.3 is 20.7 Å². The minimum absolute atomic E-state index is 0.0386. The smallest absolute Gasteiger partial charge is 0.223 e. The van der Waals surface area contributed by atoms with E-state index in [0.29, 0.717) is 32.8 Å². The van der Waals surface area contributed by atoms with Gasteiger partial charge in [0.15, 0.2) is 0 Å². The van der Waals surface area contributed by atoms with Gasteiger partial charge in [-0.3, -0.25) is 9.59 Å². The number of rotatable bonds is 5. The molecule has 0 aromatic rings. The summed E-state index contributed by atoms with van der Waals surface area (Å²) in [7, 11) is 0. The highest BCUT2D eigenvalue weighted by molar-refractivity contribution is 5.84. The molecule has 6 heteroatoms. The first-order valence-corrected chi connectivity index (χ1v) is 7.52. The highest BCUT2D eigenvalue weighted by atomic mass is 16.5. The molecule has 0 unspecified atom stereocenters. The number of ether oxygens (including phenoxy) is 1. The molecule has 0 aromatic heterocycles. The molecular weight excluding hydrogens is 258 g/mol. The lowest BCUT2D eigenvalue weighted by Crippen LogP contribution is -2.51. The van der Waals surface area contributed by atoms with Crippen molar-refractivity contribution < 1.29 is 14.3 Å². The fraction of sp³-hybridized carbons (Fsp3) is 0.857. The molecule has 0 atom stereocenters. The van der Waals surface area contributed by atoms with Crippen molar-refractivity contribution in [2.45, 2.75) is 44.1 Å². The second-order valence-electron chi connectivity index (χ2n) is 5.73. The number of nitrogens with one attached hydrogen (secondary N) is 1. The fourth-order valence-corrected chi connectivity index (χ4v) is 2.98. The Morgan fingerprint density at radius 1 is 1.15 bits per heavy atom. The first-order chi connectivity index (χ1) is 9.65. The van der Waals surface area contributed by atoms with Crippen molar-refractivity contribution in [1.82, 2.24) is 10.2 Å². The van der Waals surface area contributed by atoms with Crippen molar-refractivity contribution in [3.8, 4) is 0 Å². The molecule has 1 saturated heterocycles. The van der Waals surface area contributed by atoms with Gasteiger partial charge in [-0.2, -0.15) is 0 Å². The molecule has 0 aromatic carbocycles. The number of carbonyl (C=O) groups is 2. The predicted octanol–water partition coefficient (Wildman–Crippen LogP) is 0.0131. The molecule has 2 amide bonds. The molecule has 20 heavy (non-hydrogen) atoms. The largest absolute Gasteiger partial charge is 0.378 e. The molecule has 114 valence electrons. The lowest BCUT2D eigenvalue weighted by Gasteiger charge is -2.29. The number of carbonyl (C=O) groups excluding carboxylic acids is 2. The maximum absolute atomic E-state index is 12.0.